The Morgan fingerprint density at radius 3 is 1.65 bits per heavy atom. The number of benzene rings is 1. The van der Waals surface area contributed by atoms with Crippen LogP contribution in [0.15, 0.2) is 48.1 Å². The number of hydrogen-bond donors (Lipinski definition) is 2. The number of hydrogen-bond acceptors (Lipinski definition) is 6. The fourth-order valence-corrected chi connectivity index (χ4v) is 19.2. The predicted molar refractivity (Wildman–Crippen MR) is 200 cm³/mol. The first-order chi connectivity index (χ1) is 21.4. The van der Waals surface area contributed by atoms with Gasteiger partial charge in [-0.25, -0.2) is 0 Å². The van der Waals surface area contributed by atoms with Gasteiger partial charge in [-0.3, -0.25) is 0 Å². The second-order valence-corrected chi connectivity index (χ2v) is 25.9. The van der Waals surface area contributed by atoms with Crippen molar-refractivity contribution in [2.75, 3.05) is 20.3 Å². The maximum absolute atomic E-state index is 11.5. The molecule has 1 aromatic rings. The highest BCUT2D eigenvalue weighted by Crippen LogP contribution is 2.46. The molecular weight excluding hydrogens is 609 g/mol. The maximum Gasteiger partial charge on any atom is 0.201 e. The van der Waals surface area contributed by atoms with E-state index in [-0.39, 0.29) is 18.6 Å². The van der Waals surface area contributed by atoms with Crippen LogP contribution in [-0.2, 0) is 20.2 Å². The summed E-state index contributed by atoms with van der Waals surface area (Å²) in [6.07, 6.45) is 3.66. The van der Waals surface area contributed by atoms with Crippen LogP contribution in [0, 0.1) is 5.92 Å². The highest BCUT2D eigenvalue weighted by Gasteiger charge is 2.49. The number of rotatable bonds is 21. The second-order valence-electron chi connectivity index (χ2n) is 15.0. The SMILES string of the molecule is COc1ccc(CO[C@@H](C(O)/C=C/CO)[C@H](C)[C@@H](O[Si](C(C)C)(C(C)C)C(C)C)/C(C)=C\CO[Si](C(C)C)(C(C)C)C(C)C)cc1. The summed E-state index contributed by atoms with van der Waals surface area (Å²) in [4.78, 5) is 0. The lowest BCUT2D eigenvalue weighted by Gasteiger charge is -2.47. The van der Waals surface area contributed by atoms with E-state index in [0.29, 0.717) is 46.5 Å². The van der Waals surface area contributed by atoms with Crippen LogP contribution in [-0.4, -0.2) is 65.5 Å². The van der Waals surface area contributed by atoms with Crippen LogP contribution < -0.4 is 4.74 Å². The van der Waals surface area contributed by atoms with E-state index in [1.54, 1.807) is 19.3 Å². The molecule has 0 aromatic heterocycles. The molecule has 0 saturated heterocycles. The van der Waals surface area contributed by atoms with Crippen molar-refractivity contribution in [3.8, 4) is 5.75 Å². The van der Waals surface area contributed by atoms with Crippen molar-refractivity contribution >= 4 is 16.6 Å². The summed E-state index contributed by atoms with van der Waals surface area (Å²) in [5, 5.41) is 21.0. The van der Waals surface area contributed by atoms with Gasteiger partial charge in [-0.2, -0.15) is 0 Å². The van der Waals surface area contributed by atoms with E-state index in [4.69, 9.17) is 18.3 Å². The van der Waals surface area contributed by atoms with Gasteiger partial charge in [-0.05, 0) is 63.4 Å². The van der Waals surface area contributed by atoms with Crippen LogP contribution >= 0.6 is 0 Å². The van der Waals surface area contributed by atoms with Crippen molar-refractivity contribution in [1.29, 1.82) is 0 Å². The summed E-state index contributed by atoms with van der Waals surface area (Å²) in [7, 11) is -2.73. The van der Waals surface area contributed by atoms with Crippen LogP contribution in [0.3, 0.4) is 0 Å². The van der Waals surface area contributed by atoms with Crippen molar-refractivity contribution in [3.63, 3.8) is 0 Å². The van der Waals surface area contributed by atoms with E-state index in [9.17, 15) is 10.2 Å². The molecule has 0 heterocycles. The summed E-state index contributed by atoms with van der Waals surface area (Å²) >= 11 is 0. The van der Waals surface area contributed by atoms with E-state index in [1.807, 2.05) is 24.3 Å². The van der Waals surface area contributed by atoms with Crippen LogP contribution in [0.2, 0.25) is 33.2 Å². The fraction of sp³-hybridized carbons (Fsp3) is 0.737. The van der Waals surface area contributed by atoms with Gasteiger partial charge in [0.2, 0.25) is 16.6 Å². The minimum atomic E-state index is -2.33. The number of aliphatic hydroxyl groups excluding tert-OH is 2. The molecule has 6 nitrogen and oxygen atoms in total. The van der Waals surface area contributed by atoms with Gasteiger partial charge in [0.05, 0.1) is 45.2 Å². The third-order valence-corrected chi connectivity index (χ3v) is 22.5. The Balaban J connectivity index is 3.68. The Labute approximate surface area is 285 Å². The molecule has 266 valence electrons. The minimum Gasteiger partial charge on any atom is -0.497 e. The molecule has 0 amide bonds. The Morgan fingerprint density at radius 2 is 1.24 bits per heavy atom. The van der Waals surface area contributed by atoms with Gasteiger partial charge >= 0.3 is 0 Å². The largest absolute Gasteiger partial charge is 0.497 e. The van der Waals surface area contributed by atoms with E-state index < -0.39 is 28.8 Å². The van der Waals surface area contributed by atoms with Crippen LogP contribution in [0.1, 0.15) is 102 Å². The average Bonchev–Trinajstić information content (AvgIpc) is 2.97. The zero-order chi connectivity index (χ0) is 35.4. The topological polar surface area (TPSA) is 77.4 Å². The predicted octanol–water partition coefficient (Wildman–Crippen LogP) is 9.82. The second kappa shape index (κ2) is 19.7. The molecule has 0 aliphatic carbocycles. The minimum absolute atomic E-state index is 0.149. The van der Waals surface area contributed by atoms with Crippen molar-refractivity contribution in [2.45, 2.75) is 155 Å². The molecule has 2 N–H and O–H groups in total. The number of ether oxygens (including phenoxy) is 2. The molecular formula is C38H70O6Si2. The lowest BCUT2D eigenvalue weighted by molar-refractivity contribution is -0.0771. The lowest BCUT2D eigenvalue weighted by atomic mass is 9.89. The number of aliphatic hydroxyl groups is 2. The summed E-state index contributed by atoms with van der Waals surface area (Å²) in [5.74, 6) is 0.589. The molecule has 0 spiro atoms. The first kappa shape index (κ1) is 42.8. The number of methoxy groups -OCH3 is 1. The normalized spacial score (nSPS) is 16.5. The first-order valence-electron chi connectivity index (χ1n) is 17.6. The summed E-state index contributed by atoms with van der Waals surface area (Å²) in [6.45, 7) is 32.7. The molecule has 1 unspecified atom stereocenters. The van der Waals surface area contributed by atoms with Gasteiger partial charge in [-0.15, -0.1) is 0 Å². The van der Waals surface area contributed by atoms with Gasteiger partial charge in [0.1, 0.15) is 5.75 Å². The summed E-state index contributed by atoms with van der Waals surface area (Å²) < 4.78 is 26.4. The van der Waals surface area contributed by atoms with Crippen LogP contribution in [0.25, 0.3) is 0 Å². The molecule has 8 heteroatoms. The van der Waals surface area contributed by atoms with Gasteiger partial charge in [-0.1, -0.05) is 120 Å². The fourth-order valence-electron chi connectivity index (χ4n) is 8.13. The molecule has 0 bridgehead atoms. The van der Waals surface area contributed by atoms with Crippen LogP contribution in [0.5, 0.6) is 5.75 Å². The Bertz CT molecular complexity index is 1000. The van der Waals surface area contributed by atoms with E-state index in [0.717, 1.165) is 16.9 Å². The molecule has 1 aromatic carbocycles. The van der Waals surface area contributed by atoms with E-state index >= 15 is 0 Å². The quantitative estimate of drug-likeness (QED) is 0.0996. The average molecular weight is 679 g/mol. The van der Waals surface area contributed by atoms with E-state index in [2.05, 4.69) is 103 Å². The first-order valence-corrected chi connectivity index (χ1v) is 21.9. The lowest BCUT2D eigenvalue weighted by Crippen LogP contribution is -2.53. The van der Waals surface area contributed by atoms with Crippen LogP contribution in [0.4, 0.5) is 0 Å². The van der Waals surface area contributed by atoms with Gasteiger partial charge < -0.3 is 28.5 Å². The molecule has 0 radical (unpaired) electrons. The highest BCUT2D eigenvalue weighted by atomic mass is 28.4. The third kappa shape index (κ3) is 10.6. The Kier molecular flexibility index (Phi) is 18.3. The van der Waals surface area contributed by atoms with Gasteiger partial charge in [0.15, 0.2) is 0 Å². The monoisotopic (exact) mass is 678 g/mol. The smallest absolute Gasteiger partial charge is 0.201 e. The third-order valence-electron chi connectivity index (χ3n) is 10.3. The zero-order valence-corrected chi connectivity index (χ0v) is 34.0. The Morgan fingerprint density at radius 1 is 0.761 bits per heavy atom. The van der Waals surface area contributed by atoms with Gasteiger partial charge in [0.25, 0.3) is 0 Å². The zero-order valence-electron chi connectivity index (χ0n) is 32.0. The Hall–Kier alpha value is -1.27. The molecule has 4 atom stereocenters. The van der Waals surface area contributed by atoms with Crippen molar-refractivity contribution in [3.05, 3.63) is 53.6 Å². The molecule has 0 saturated carbocycles. The summed E-state index contributed by atoms with van der Waals surface area (Å²) in [6, 6.07) is 7.80. The van der Waals surface area contributed by atoms with Crippen molar-refractivity contribution in [2.24, 2.45) is 5.92 Å². The molecule has 0 aliphatic rings. The van der Waals surface area contributed by atoms with Gasteiger partial charge in [0, 0.05) is 5.92 Å². The molecule has 1 rings (SSSR count). The summed E-state index contributed by atoms with van der Waals surface area (Å²) in [5.41, 5.74) is 4.78. The molecule has 0 aliphatic heterocycles. The van der Waals surface area contributed by atoms with E-state index in [1.165, 1.54) is 0 Å². The molecule has 46 heavy (non-hydrogen) atoms. The highest BCUT2D eigenvalue weighted by molar-refractivity contribution is 6.78. The standard InChI is InChI=1S/C38H70O6Si2/c1-26(2)45(27(3)4,28(5)6)43-24-22-32(13)37(44-46(29(7)8,30(9)10)31(11)12)33(14)38(36(40)17-16-23-39)42-25-34-18-20-35(41-15)21-19-34/h16-22,26-31,33,36-40H,23-25H2,1-15H3/b17-16+,32-22-/t33-,36?,37+,38-/m1/s1. The van der Waals surface area contributed by atoms with Crippen molar-refractivity contribution < 1.29 is 28.5 Å². The van der Waals surface area contributed by atoms with Crippen molar-refractivity contribution in [1.82, 2.24) is 0 Å². The maximum atomic E-state index is 11.5. The molecule has 0 fully saturated rings.